The van der Waals surface area contributed by atoms with Crippen LogP contribution < -0.4 is 10.5 Å². The third-order valence-corrected chi connectivity index (χ3v) is 3.80. The van der Waals surface area contributed by atoms with Crippen molar-refractivity contribution in [3.05, 3.63) is 24.0 Å². The van der Waals surface area contributed by atoms with Crippen LogP contribution in [-0.4, -0.2) is 15.5 Å². The molecule has 96 valence electrons. The third kappa shape index (κ3) is 3.61. The van der Waals surface area contributed by atoms with Crippen LogP contribution in [0.4, 0.5) is 5.69 Å². The second kappa shape index (κ2) is 5.58. The number of benzene rings is 1. The van der Waals surface area contributed by atoms with Crippen molar-refractivity contribution in [1.82, 2.24) is 9.36 Å². The van der Waals surface area contributed by atoms with E-state index in [9.17, 15) is 0 Å². The van der Waals surface area contributed by atoms with Crippen molar-refractivity contribution in [3.63, 3.8) is 0 Å². The quantitative estimate of drug-likeness (QED) is 0.871. The highest BCUT2D eigenvalue weighted by atomic mass is 32.2. The molecule has 0 bridgehead atoms. The molecule has 0 spiro atoms. The van der Waals surface area contributed by atoms with Gasteiger partial charge in [0.2, 0.25) is 0 Å². The van der Waals surface area contributed by atoms with Gasteiger partial charge in [0.25, 0.3) is 0 Å². The van der Waals surface area contributed by atoms with Gasteiger partial charge >= 0.3 is 0 Å². The number of nitrogens with zero attached hydrogens (tertiary/aromatic N) is 2. The van der Waals surface area contributed by atoms with E-state index in [-0.39, 0.29) is 6.10 Å². The second-order valence-electron chi connectivity index (χ2n) is 4.11. The number of nitrogens with two attached hydrogens (primary N) is 1. The lowest BCUT2D eigenvalue weighted by molar-refractivity contribution is 0.242. The molecule has 0 amide bonds. The van der Waals surface area contributed by atoms with E-state index in [1.807, 2.05) is 39.0 Å². The number of nitrogen functional groups attached to an aromatic ring is 1. The van der Waals surface area contributed by atoms with E-state index in [0.29, 0.717) is 5.69 Å². The molecular formula is C12H15N3OS2. The number of anilines is 1. The Bertz CT molecular complexity index is 540. The Hall–Kier alpha value is -1.27. The zero-order valence-corrected chi connectivity index (χ0v) is 12.1. The van der Waals surface area contributed by atoms with Gasteiger partial charge < -0.3 is 10.5 Å². The molecule has 1 heterocycles. The lowest BCUT2D eigenvalue weighted by Gasteiger charge is -2.11. The predicted molar refractivity (Wildman–Crippen MR) is 75.4 cm³/mol. The van der Waals surface area contributed by atoms with Gasteiger partial charge in [-0.3, -0.25) is 0 Å². The molecule has 0 unspecified atom stereocenters. The first-order chi connectivity index (χ1) is 8.52. The molecule has 2 N–H and O–H groups in total. The Kier molecular flexibility index (Phi) is 4.08. The second-order valence-corrected chi connectivity index (χ2v) is 6.19. The van der Waals surface area contributed by atoms with E-state index < -0.39 is 0 Å². The maximum atomic E-state index is 5.87. The van der Waals surface area contributed by atoms with Gasteiger partial charge in [-0.25, -0.2) is 4.98 Å². The zero-order chi connectivity index (χ0) is 13.1. The number of aromatic nitrogens is 2. The molecule has 18 heavy (non-hydrogen) atoms. The summed E-state index contributed by atoms with van der Waals surface area (Å²) in [6.45, 7) is 5.86. The average Bonchev–Trinajstić information content (AvgIpc) is 2.61. The van der Waals surface area contributed by atoms with Gasteiger partial charge in [0.15, 0.2) is 4.34 Å². The molecule has 0 radical (unpaired) electrons. The van der Waals surface area contributed by atoms with Crippen LogP contribution >= 0.6 is 23.3 Å². The predicted octanol–water partition coefficient (Wildman–Crippen LogP) is 3.37. The highest BCUT2D eigenvalue weighted by Crippen LogP contribution is 2.33. The summed E-state index contributed by atoms with van der Waals surface area (Å²) in [4.78, 5) is 5.33. The normalized spacial score (nSPS) is 10.9. The minimum atomic E-state index is 0.133. The first kappa shape index (κ1) is 13.2. The molecule has 2 aromatic rings. The third-order valence-electron chi connectivity index (χ3n) is 1.99. The minimum Gasteiger partial charge on any atom is -0.491 e. The Morgan fingerprint density at radius 1 is 1.33 bits per heavy atom. The molecule has 2 rings (SSSR count). The summed E-state index contributed by atoms with van der Waals surface area (Å²) in [7, 11) is 0. The summed E-state index contributed by atoms with van der Waals surface area (Å²) < 4.78 is 10.7. The fourth-order valence-electron chi connectivity index (χ4n) is 1.41. The molecular weight excluding hydrogens is 266 g/mol. The van der Waals surface area contributed by atoms with Gasteiger partial charge in [-0.05, 0) is 44.4 Å². The first-order valence-electron chi connectivity index (χ1n) is 5.58. The van der Waals surface area contributed by atoms with Crippen molar-refractivity contribution >= 4 is 29.0 Å². The smallest absolute Gasteiger partial charge is 0.174 e. The van der Waals surface area contributed by atoms with Crippen molar-refractivity contribution in [1.29, 1.82) is 0 Å². The Balaban J connectivity index is 2.19. The zero-order valence-electron chi connectivity index (χ0n) is 10.5. The van der Waals surface area contributed by atoms with Crippen LogP contribution in [0, 0.1) is 6.92 Å². The van der Waals surface area contributed by atoms with Gasteiger partial charge in [-0.15, -0.1) is 0 Å². The molecule has 1 aromatic carbocycles. The molecule has 1 aromatic heterocycles. The summed E-state index contributed by atoms with van der Waals surface area (Å²) in [5, 5.41) is 0. The van der Waals surface area contributed by atoms with E-state index in [0.717, 1.165) is 20.8 Å². The van der Waals surface area contributed by atoms with Crippen LogP contribution in [0.2, 0.25) is 0 Å². The lowest BCUT2D eigenvalue weighted by atomic mass is 10.3. The van der Waals surface area contributed by atoms with Crippen molar-refractivity contribution < 1.29 is 4.74 Å². The number of rotatable bonds is 4. The van der Waals surface area contributed by atoms with Gasteiger partial charge in [-0.1, -0.05) is 11.8 Å². The fraction of sp³-hybridized carbons (Fsp3) is 0.333. The van der Waals surface area contributed by atoms with Crippen LogP contribution in [0.5, 0.6) is 5.75 Å². The first-order valence-corrected chi connectivity index (χ1v) is 7.17. The topological polar surface area (TPSA) is 61.0 Å². The molecule has 0 aliphatic carbocycles. The maximum Gasteiger partial charge on any atom is 0.174 e. The number of ether oxygens (including phenoxy) is 1. The fourth-order valence-corrected chi connectivity index (χ4v) is 3.14. The SMILES string of the molecule is Cc1nsc(Sc2cc(N)cc(OC(C)C)c2)n1. The summed E-state index contributed by atoms with van der Waals surface area (Å²) in [5.74, 6) is 1.58. The van der Waals surface area contributed by atoms with Gasteiger partial charge in [0.05, 0.1) is 6.10 Å². The lowest BCUT2D eigenvalue weighted by Crippen LogP contribution is -2.05. The standard InChI is InChI=1S/C12H15N3OS2/c1-7(2)16-10-4-9(13)5-11(6-10)17-12-14-8(3)15-18-12/h4-7H,13H2,1-3H3. The van der Waals surface area contributed by atoms with Crippen molar-refractivity contribution in [3.8, 4) is 5.75 Å². The highest BCUT2D eigenvalue weighted by molar-refractivity contribution is 8.01. The van der Waals surface area contributed by atoms with Crippen LogP contribution in [0.3, 0.4) is 0 Å². The van der Waals surface area contributed by atoms with E-state index >= 15 is 0 Å². The Labute approximate surface area is 115 Å². The monoisotopic (exact) mass is 281 g/mol. The molecule has 0 atom stereocenters. The Morgan fingerprint density at radius 2 is 2.11 bits per heavy atom. The van der Waals surface area contributed by atoms with Crippen LogP contribution in [-0.2, 0) is 0 Å². The average molecular weight is 281 g/mol. The minimum absolute atomic E-state index is 0.133. The van der Waals surface area contributed by atoms with E-state index in [1.165, 1.54) is 11.5 Å². The van der Waals surface area contributed by atoms with E-state index in [4.69, 9.17) is 10.5 Å². The maximum absolute atomic E-state index is 5.87. The molecule has 6 heteroatoms. The van der Waals surface area contributed by atoms with Crippen LogP contribution in [0.15, 0.2) is 27.4 Å². The Morgan fingerprint density at radius 3 is 2.72 bits per heavy atom. The largest absolute Gasteiger partial charge is 0.491 e. The van der Waals surface area contributed by atoms with E-state index in [2.05, 4.69) is 9.36 Å². The van der Waals surface area contributed by atoms with Crippen molar-refractivity contribution in [2.75, 3.05) is 5.73 Å². The van der Waals surface area contributed by atoms with Crippen molar-refractivity contribution in [2.24, 2.45) is 0 Å². The van der Waals surface area contributed by atoms with E-state index in [1.54, 1.807) is 11.8 Å². The van der Waals surface area contributed by atoms with Crippen LogP contribution in [0.1, 0.15) is 19.7 Å². The van der Waals surface area contributed by atoms with Gasteiger partial charge in [0.1, 0.15) is 11.6 Å². The van der Waals surface area contributed by atoms with Gasteiger partial charge in [-0.2, -0.15) is 4.37 Å². The number of hydrogen-bond acceptors (Lipinski definition) is 6. The number of aryl methyl sites for hydroxylation is 1. The molecule has 0 aliphatic heterocycles. The molecule has 0 saturated carbocycles. The summed E-state index contributed by atoms with van der Waals surface area (Å²) in [5.41, 5.74) is 6.56. The van der Waals surface area contributed by atoms with Crippen LogP contribution in [0.25, 0.3) is 0 Å². The molecule has 0 saturated heterocycles. The highest BCUT2D eigenvalue weighted by Gasteiger charge is 2.07. The summed E-state index contributed by atoms with van der Waals surface area (Å²) >= 11 is 2.94. The molecule has 0 aliphatic rings. The molecule has 0 fully saturated rings. The number of hydrogen-bond donors (Lipinski definition) is 1. The van der Waals surface area contributed by atoms with Crippen molar-refractivity contribution in [2.45, 2.75) is 36.1 Å². The summed E-state index contributed by atoms with van der Waals surface area (Å²) in [6, 6.07) is 5.71. The molecule has 4 nitrogen and oxygen atoms in total. The summed E-state index contributed by atoms with van der Waals surface area (Å²) in [6.07, 6.45) is 0.133. The van der Waals surface area contributed by atoms with Gasteiger partial charge in [0, 0.05) is 16.6 Å².